The van der Waals surface area contributed by atoms with Gasteiger partial charge in [-0.3, -0.25) is 0 Å². The van der Waals surface area contributed by atoms with E-state index in [0.29, 0.717) is 17.9 Å². The zero-order valence-electron chi connectivity index (χ0n) is 12.7. The number of nitrogens with one attached hydrogen (secondary N) is 1. The Kier molecular flexibility index (Phi) is 2.79. The van der Waals surface area contributed by atoms with Gasteiger partial charge in [-0.25, -0.2) is 4.99 Å². The number of nitrogens with two attached hydrogens (primary N) is 1. The van der Waals surface area contributed by atoms with Crippen molar-refractivity contribution in [3.63, 3.8) is 0 Å². The van der Waals surface area contributed by atoms with Crippen molar-refractivity contribution < 1.29 is 0 Å². The van der Waals surface area contributed by atoms with Crippen molar-refractivity contribution in [2.24, 2.45) is 16.6 Å². The second-order valence-electron chi connectivity index (χ2n) is 6.40. The van der Waals surface area contributed by atoms with E-state index in [1.54, 1.807) is 17.5 Å². The molecule has 3 aliphatic rings. The van der Waals surface area contributed by atoms with Gasteiger partial charge in [0.1, 0.15) is 17.7 Å². The van der Waals surface area contributed by atoms with Gasteiger partial charge in [0.25, 0.3) is 0 Å². The summed E-state index contributed by atoms with van der Waals surface area (Å²) in [6, 6.07) is 8.79. The molecule has 2 aliphatic heterocycles. The van der Waals surface area contributed by atoms with Crippen molar-refractivity contribution in [2.45, 2.75) is 25.4 Å². The standard InChI is InChI=1S/C18H18N4S/c19-17-16-15(13-4-5-14-12(10-13)6-9-23-14)21-18(11-2-1-3-11)22(16)8-7-20-17/h4-11,18,21H,1-3H2,(H2,19,20). The number of fused-ring (bicyclic) bond motifs is 2. The summed E-state index contributed by atoms with van der Waals surface area (Å²) in [6.45, 7) is 0. The van der Waals surface area contributed by atoms with E-state index in [4.69, 9.17) is 5.73 Å². The number of hydrogen-bond acceptors (Lipinski definition) is 5. The molecule has 1 fully saturated rings. The van der Waals surface area contributed by atoms with Crippen LogP contribution in [-0.4, -0.2) is 16.9 Å². The van der Waals surface area contributed by atoms with E-state index in [2.05, 4.69) is 51.1 Å². The molecule has 3 N–H and O–H groups in total. The molecule has 23 heavy (non-hydrogen) atoms. The van der Waals surface area contributed by atoms with Crippen LogP contribution >= 0.6 is 11.3 Å². The number of thiophene rings is 1. The molecule has 4 nitrogen and oxygen atoms in total. The minimum Gasteiger partial charge on any atom is -0.382 e. The Morgan fingerprint density at radius 2 is 2.17 bits per heavy atom. The van der Waals surface area contributed by atoms with Crippen molar-refractivity contribution in [2.75, 3.05) is 0 Å². The topological polar surface area (TPSA) is 53.6 Å². The number of benzene rings is 1. The fourth-order valence-corrected chi connectivity index (χ4v) is 4.44. The first-order chi connectivity index (χ1) is 11.3. The molecule has 0 bridgehead atoms. The van der Waals surface area contributed by atoms with E-state index in [9.17, 15) is 0 Å². The van der Waals surface area contributed by atoms with Crippen LogP contribution in [0, 0.1) is 5.92 Å². The van der Waals surface area contributed by atoms with Crippen LogP contribution in [-0.2, 0) is 0 Å². The third kappa shape index (κ3) is 1.93. The first-order valence-corrected chi connectivity index (χ1v) is 8.96. The molecule has 0 radical (unpaired) electrons. The second-order valence-corrected chi connectivity index (χ2v) is 7.34. The molecule has 1 aromatic heterocycles. The molecule has 5 heteroatoms. The molecule has 0 saturated heterocycles. The maximum atomic E-state index is 6.22. The van der Waals surface area contributed by atoms with Gasteiger partial charge in [0.15, 0.2) is 0 Å². The number of amidine groups is 1. The maximum Gasteiger partial charge on any atom is 0.149 e. The van der Waals surface area contributed by atoms with Gasteiger partial charge in [-0.05, 0) is 47.7 Å². The highest BCUT2D eigenvalue weighted by Crippen LogP contribution is 2.40. The normalized spacial score (nSPS) is 23.7. The molecule has 1 atom stereocenters. The Balaban J connectivity index is 1.62. The van der Waals surface area contributed by atoms with Crippen LogP contribution in [0.4, 0.5) is 0 Å². The molecule has 0 spiro atoms. The first kappa shape index (κ1) is 13.2. The minimum absolute atomic E-state index is 0.303. The van der Waals surface area contributed by atoms with Crippen LogP contribution < -0.4 is 11.1 Å². The summed E-state index contributed by atoms with van der Waals surface area (Å²) in [5.74, 6) is 1.28. The molecule has 1 aliphatic carbocycles. The van der Waals surface area contributed by atoms with Crippen LogP contribution in [0.3, 0.4) is 0 Å². The molecule has 2 aromatic rings. The van der Waals surface area contributed by atoms with E-state index in [0.717, 1.165) is 11.4 Å². The fraction of sp³-hybridized carbons (Fsp3) is 0.278. The van der Waals surface area contributed by atoms with E-state index < -0.39 is 0 Å². The van der Waals surface area contributed by atoms with E-state index >= 15 is 0 Å². The van der Waals surface area contributed by atoms with Crippen molar-refractivity contribution in [3.05, 3.63) is 53.3 Å². The lowest BCUT2D eigenvalue weighted by molar-refractivity contribution is 0.164. The van der Waals surface area contributed by atoms with Gasteiger partial charge in [0.05, 0.1) is 5.70 Å². The average Bonchev–Trinajstić information content (AvgIpc) is 3.10. The van der Waals surface area contributed by atoms with E-state index in [1.807, 2.05) is 0 Å². The average molecular weight is 322 g/mol. The summed E-state index contributed by atoms with van der Waals surface area (Å²) in [4.78, 5) is 6.59. The van der Waals surface area contributed by atoms with Crippen molar-refractivity contribution in [3.8, 4) is 0 Å². The quantitative estimate of drug-likeness (QED) is 0.890. The molecular weight excluding hydrogens is 304 g/mol. The highest BCUT2D eigenvalue weighted by Gasteiger charge is 2.40. The van der Waals surface area contributed by atoms with Crippen LogP contribution in [0.1, 0.15) is 24.8 Å². The van der Waals surface area contributed by atoms with Gasteiger partial charge in [0.2, 0.25) is 0 Å². The van der Waals surface area contributed by atoms with Gasteiger partial charge in [0, 0.05) is 22.7 Å². The zero-order chi connectivity index (χ0) is 15.4. The summed E-state index contributed by atoms with van der Waals surface area (Å²) < 4.78 is 1.31. The Morgan fingerprint density at radius 3 is 3.00 bits per heavy atom. The fourth-order valence-electron chi connectivity index (χ4n) is 3.67. The number of hydrogen-bond donors (Lipinski definition) is 2. The molecule has 1 saturated carbocycles. The molecule has 1 unspecified atom stereocenters. The summed E-state index contributed by atoms with van der Waals surface area (Å²) in [5.41, 5.74) is 9.55. The molecular formula is C18H18N4S. The third-order valence-corrected chi connectivity index (χ3v) is 6.01. The van der Waals surface area contributed by atoms with Crippen molar-refractivity contribution >= 4 is 33.0 Å². The summed E-state index contributed by atoms with van der Waals surface area (Å²) in [6.07, 6.45) is 8.05. The molecule has 3 heterocycles. The first-order valence-electron chi connectivity index (χ1n) is 8.08. The largest absolute Gasteiger partial charge is 0.382 e. The Morgan fingerprint density at radius 1 is 1.26 bits per heavy atom. The predicted molar refractivity (Wildman–Crippen MR) is 95.6 cm³/mol. The molecule has 1 aromatic carbocycles. The monoisotopic (exact) mass is 322 g/mol. The van der Waals surface area contributed by atoms with Gasteiger partial charge < -0.3 is 16.0 Å². The van der Waals surface area contributed by atoms with Crippen LogP contribution in [0.25, 0.3) is 15.8 Å². The predicted octanol–water partition coefficient (Wildman–Crippen LogP) is 3.44. The number of nitrogens with zero attached hydrogens (tertiary/aromatic N) is 2. The lowest BCUT2D eigenvalue weighted by atomic mass is 9.82. The molecule has 0 amide bonds. The van der Waals surface area contributed by atoms with Crippen LogP contribution in [0.5, 0.6) is 0 Å². The summed E-state index contributed by atoms with van der Waals surface area (Å²) >= 11 is 1.77. The lowest BCUT2D eigenvalue weighted by Gasteiger charge is -2.37. The summed E-state index contributed by atoms with van der Waals surface area (Å²) in [5, 5.41) is 7.15. The van der Waals surface area contributed by atoms with E-state index in [-0.39, 0.29) is 0 Å². The van der Waals surface area contributed by atoms with Gasteiger partial charge in [-0.2, -0.15) is 0 Å². The Hall–Kier alpha value is -2.27. The smallest absolute Gasteiger partial charge is 0.149 e. The van der Waals surface area contributed by atoms with Crippen molar-refractivity contribution in [1.82, 2.24) is 10.2 Å². The third-order valence-electron chi connectivity index (χ3n) is 5.11. The number of aliphatic imine (C=N–C) groups is 1. The van der Waals surface area contributed by atoms with Crippen LogP contribution in [0.2, 0.25) is 0 Å². The highest BCUT2D eigenvalue weighted by atomic mass is 32.1. The second kappa shape index (κ2) is 4.86. The van der Waals surface area contributed by atoms with E-state index in [1.165, 1.54) is 34.9 Å². The van der Waals surface area contributed by atoms with Gasteiger partial charge in [-0.1, -0.05) is 12.5 Å². The Bertz CT molecular complexity index is 872. The number of rotatable bonds is 2. The molecule has 5 rings (SSSR count). The molecule has 116 valence electrons. The minimum atomic E-state index is 0.303. The Labute approximate surface area is 139 Å². The lowest BCUT2D eigenvalue weighted by Crippen LogP contribution is -2.45. The highest BCUT2D eigenvalue weighted by molar-refractivity contribution is 7.17. The SMILES string of the molecule is NC1=NC=CN2C1=C(c1ccc3sccc3c1)NC2C1CCC1. The van der Waals surface area contributed by atoms with Crippen LogP contribution in [0.15, 0.2) is 52.7 Å². The summed E-state index contributed by atoms with van der Waals surface area (Å²) in [7, 11) is 0. The zero-order valence-corrected chi connectivity index (χ0v) is 13.5. The van der Waals surface area contributed by atoms with Crippen molar-refractivity contribution in [1.29, 1.82) is 0 Å². The van der Waals surface area contributed by atoms with Gasteiger partial charge >= 0.3 is 0 Å². The maximum absolute atomic E-state index is 6.22. The van der Waals surface area contributed by atoms with Gasteiger partial charge in [-0.15, -0.1) is 11.3 Å².